The molecular weight excluding hydrogens is 252 g/mol. The van der Waals surface area contributed by atoms with Crippen molar-refractivity contribution >= 4 is 16.9 Å². The lowest BCUT2D eigenvalue weighted by Gasteiger charge is -2.31. The third kappa shape index (κ3) is 1.91. The first kappa shape index (κ1) is 13.2. The van der Waals surface area contributed by atoms with Gasteiger partial charge < -0.3 is 9.67 Å². The number of hydrogen-bond acceptors (Lipinski definition) is 2. The fourth-order valence-electron chi connectivity index (χ4n) is 2.92. The first-order valence-corrected chi connectivity index (χ1v) is 6.86. The average Bonchev–Trinajstić information content (AvgIpc) is 2.88. The summed E-state index contributed by atoms with van der Waals surface area (Å²) in [7, 11) is 1.90. The first-order chi connectivity index (χ1) is 9.27. The predicted octanol–water partition coefficient (Wildman–Crippen LogP) is 2.99. The SMILES string of the molecule is Cn1cc(C(=O)O)c2cc3c(cc21)CN(C(C)(C)C)C3. The van der Waals surface area contributed by atoms with E-state index >= 15 is 0 Å². The van der Waals surface area contributed by atoms with E-state index < -0.39 is 5.97 Å². The zero-order valence-electron chi connectivity index (χ0n) is 12.4. The molecule has 106 valence electrons. The van der Waals surface area contributed by atoms with Crippen molar-refractivity contribution in [3.05, 3.63) is 35.0 Å². The van der Waals surface area contributed by atoms with Crippen molar-refractivity contribution in [1.29, 1.82) is 0 Å². The molecule has 0 saturated carbocycles. The van der Waals surface area contributed by atoms with Crippen molar-refractivity contribution in [2.24, 2.45) is 7.05 Å². The quantitative estimate of drug-likeness (QED) is 0.868. The molecule has 0 amide bonds. The van der Waals surface area contributed by atoms with Crippen LogP contribution in [0.3, 0.4) is 0 Å². The molecule has 0 fully saturated rings. The van der Waals surface area contributed by atoms with E-state index in [2.05, 4.69) is 37.8 Å². The monoisotopic (exact) mass is 272 g/mol. The van der Waals surface area contributed by atoms with Crippen molar-refractivity contribution in [3.63, 3.8) is 0 Å². The number of carbonyl (C=O) groups is 1. The average molecular weight is 272 g/mol. The van der Waals surface area contributed by atoms with Crippen LogP contribution in [-0.2, 0) is 20.1 Å². The maximum absolute atomic E-state index is 11.3. The van der Waals surface area contributed by atoms with Crippen molar-refractivity contribution < 1.29 is 9.90 Å². The van der Waals surface area contributed by atoms with E-state index in [1.54, 1.807) is 6.20 Å². The van der Waals surface area contributed by atoms with Gasteiger partial charge in [-0.05, 0) is 44.0 Å². The van der Waals surface area contributed by atoms with Crippen LogP contribution in [0.5, 0.6) is 0 Å². The molecule has 0 saturated heterocycles. The van der Waals surface area contributed by atoms with E-state index in [0.29, 0.717) is 5.56 Å². The van der Waals surface area contributed by atoms with Gasteiger partial charge in [0.2, 0.25) is 0 Å². The maximum Gasteiger partial charge on any atom is 0.337 e. The highest BCUT2D eigenvalue weighted by atomic mass is 16.4. The fraction of sp³-hybridized carbons (Fsp3) is 0.438. The van der Waals surface area contributed by atoms with Crippen LogP contribution >= 0.6 is 0 Å². The molecule has 0 bridgehead atoms. The Balaban J connectivity index is 2.13. The molecule has 2 aromatic rings. The minimum Gasteiger partial charge on any atom is -0.478 e. The largest absolute Gasteiger partial charge is 0.478 e. The number of nitrogens with zero attached hydrogens (tertiary/aromatic N) is 2. The van der Waals surface area contributed by atoms with E-state index in [1.165, 1.54) is 11.1 Å². The van der Waals surface area contributed by atoms with Gasteiger partial charge in [0, 0.05) is 42.8 Å². The van der Waals surface area contributed by atoms with Crippen molar-refractivity contribution in [3.8, 4) is 0 Å². The molecular formula is C16H20N2O2. The van der Waals surface area contributed by atoms with Crippen LogP contribution in [0.25, 0.3) is 10.9 Å². The molecule has 4 heteroatoms. The number of aromatic nitrogens is 1. The molecule has 1 aliphatic heterocycles. The molecule has 1 aromatic heterocycles. The molecule has 3 rings (SSSR count). The minimum absolute atomic E-state index is 0.126. The number of rotatable bonds is 1. The van der Waals surface area contributed by atoms with Gasteiger partial charge in [-0.2, -0.15) is 0 Å². The lowest BCUT2D eigenvalue weighted by Crippen LogP contribution is -2.36. The highest BCUT2D eigenvalue weighted by Gasteiger charge is 2.29. The topological polar surface area (TPSA) is 45.5 Å². The van der Waals surface area contributed by atoms with E-state index in [9.17, 15) is 9.90 Å². The van der Waals surface area contributed by atoms with Crippen LogP contribution < -0.4 is 0 Å². The summed E-state index contributed by atoms with van der Waals surface area (Å²) >= 11 is 0. The van der Waals surface area contributed by atoms with Gasteiger partial charge in [0.15, 0.2) is 0 Å². The first-order valence-electron chi connectivity index (χ1n) is 6.86. The Kier molecular flexibility index (Phi) is 2.70. The molecule has 0 aliphatic carbocycles. The number of carboxylic acids is 1. The molecule has 1 N–H and O–H groups in total. The minimum atomic E-state index is -0.860. The molecule has 2 heterocycles. The van der Waals surface area contributed by atoms with E-state index in [1.807, 2.05) is 11.6 Å². The zero-order chi connectivity index (χ0) is 14.7. The Labute approximate surface area is 118 Å². The number of carboxylic acid groups (broad SMARTS) is 1. The number of aryl methyl sites for hydroxylation is 1. The van der Waals surface area contributed by atoms with Crippen molar-refractivity contribution in [2.75, 3.05) is 0 Å². The van der Waals surface area contributed by atoms with E-state index in [0.717, 1.165) is 24.0 Å². The summed E-state index contributed by atoms with van der Waals surface area (Å²) in [6.45, 7) is 8.45. The van der Waals surface area contributed by atoms with Crippen LogP contribution in [0.15, 0.2) is 18.3 Å². The second-order valence-electron chi connectivity index (χ2n) is 6.62. The van der Waals surface area contributed by atoms with Gasteiger partial charge in [-0.1, -0.05) is 0 Å². The summed E-state index contributed by atoms with van der Waals surface area (Å²) in [5.41, 5.74) is 4.07. The third-order valence-corrected chi connectivity index (χ3v) is 4.21. The van der Waals surface area contributed by atoms with Crippen LogP contribution in [0.1, 0.15) is 42.3 Å². The van der Waals surface area contributed by atoms with Gasteiger partial charge in [0.25, 0.3) is 0 Å². The molecule has 20 heavy (non-hydrogen) atoms. The van der Waals surface area contributed by atoms with Gasteiger partial charge in [0.1, 0.15) is 0 Å². The van der Waals surface area contributed by atoms with Gasteiger partial charge in [-0.3, -0.25) is 4.90 Å². The second kappa shape index (κ2) is 4.09. The normalized spacial score (nSPS) is 15.8. The molecule has 4 nitrogen and oxygen atoms in total. The molecule has 1 aromatic carbocycles. The predicted molar refractivity (Wildman–Crippen MR) is 78.9 cm³/mol. The standard InChI is InChI=1S/C16H20N2O2/c1-16(2,3)18-7-10-5-12-13(15(19)20)9-17(4)14(12)6-11(10)8-18/h5-6,9H,7-8H2,1-4H3,(H,19,20). The summed E-state index contributed by atoms with van der Waals surface area (Å²) in [5.74, 6) is -0.860. The molecule has 0 spiro atoms. The third-order valence-electron chi connectivity index (χ3n) is 4.21. The highest BCUT2D eigenvalue weighted by Crippen LogP contribution is 2.33. The molecule has 0 radical (unpaired) electrons. The molecule has 0 unspecified atom stereocenters. The highest BCUT2D eigenvalue weighted by molar-refractivity contribution is 6.03. The fourth-order valence-corrected chi connectivity index (χ4v) is 2.92. The lowest BCUT2D eigenvalue weighted by atomic mass is 10.1. The van der Waals surface area contributed by atoms with Crippen LogP contribution in [0.4, 0.5) is 0 Å². The Bertz CT molecular complexity index is 707. The second-order valence-corrected chi connectivity index (χ2v) is 6.62. The van der Waals surface area contributed by atoms with Crippen LogP contribution in [-0.4, -0.2) is 26.1 Å². The molecule has 1 aliphatic rings. The summed E-state index contributed by atoms with van der Waals surface area (Å²) in [6.07, 6.45) is 1.70. The lowest BCUT2D eigenvalue weighted by molar-refractivity contribution is 0.0699. The number of benzene rings is 1. The van der Waals surface area contributed by atoms with Crippen LogP contribution in [0.2, 0.25) is 0 Å². The Hall–Kier alpha value is -1.81. The van der Waals surface area contributed by atoms with Gasteiger partial charge >= 0.3 is 5.97 Å². The zero-order valence-corrected chi connectivity index (χ0v) is 12.4. The van der Waals surface area contributed by atoms with Crippen LogP contribution in [0, 0.1) is 0 Å². The Morgan fingerprint density at radius 3 is 2.35 bits per heavy atom. The maximum atomic E-state index is 11.3. The van der Waals surface area contributed by atoms with E-state index in [-0.39, 0.29) is 5.54 Å². The summed E-state index contributed by atoms with van der Waals surface area (Å²) < 4.78 is 1.90. The van der Waals surface area contributed by atoms with Crippen molar-refractivity contribution in [2.45, 2.75) is 39.4 Å². The smallest absolute Gasteiger partial charge is 0.337 e. The number of aromatic carboxylic acids is 1. The summed E-state index contributed by atoms with van der Waals surface area (Å²) in [5, 5.41) is 10.1. The number of hydrogen-bond donors (Lipinski definition) is 1. The Morgan fingerprint density at radius 1 is 1.20 bits per heavy atom. The van der Waals surface area contributed by atoms with Gasteiger partial charge in [0.05, 0.1) is 5.56 Å². The van der Waals surface area contributed by atoms with Crippen molar-refractivity contribution in [1.82, 2.24) is 9.47 Å². The summed E-state index contributed by atoms with van der Waals surface area (Å²) in [4.78, 5) is 13.7. The number of fused-ring (bicyclic) bond motifs is 2. The van der Waals surface area contributed by atoms with Gasteiger partial charge in [-0.25, -0.2) is 4.79 Å². The molecule has 0 atom stereocenters. The van der Waals surface area contributed by atoms with E-state index in [4.69, 9.17) is 0 Å². The summed E-state index contributed by atoms with van der Waals surface area (Å²) in [6, 6.07) is 4.20. The Morgan fingerprint density at radius 2 is 1.80 bits per heavy atom. The van der Waals surface area contributed by atoms with Gasteiger partial charge in [-0.15, -0.1) is 0 Å².